The zero-order valence-electron chi connectivity index (χ0n) is 15.2. The Balaban J connectivity index is 0.000000199. The summed E-state index contributed by atoms with van der Waals surface area (Å²) in [5.41, 5.74) is -1.04. The quantitative estimate of drug-likeness (QED) is 0.430. The summed E-state index contributed by atoms with van der Waals surface area (Å²) in [6.07, 6.45) is -5.78. The van der Waals surface area contributed by atoms with Crippen LogP contribution >= 0.6 is 23.4 Å². The van der Waals surface area contributed by atoms with Gasteiger partial charge in [0.2, 0.25) is 0 Å². The minimum Gasteiger partial charge on any atom is -0.329 e. The molecule has 1 amide bonds. The van der Waals surface area contributed by atoms with Gasteiger partial charge in [0.1, 0.15) is 5.69 Å². The van der Waals surface area contributed by atoms with Crippen molar-refractivity contribution in [3.8, 4) is 0 Å². The summed E-state index contributed by atoms with van der Waals surface area (Å²) < 4.78 is 73.6. The summed E-state index contributed by atoms with van der Waals surface area (Å²) in [6, 6.07) is 6.98. The maximum atomic E-state index is 12.7. The summed E-state index contributed by atoms with van der Waals surface area (Å²) in [5.74, 6) is 0. The Morgan fingerprint density at radius 1 is 1.03 bits per heavy atom. The van der Waals surface area contributed by atoms with Crippen LogP contribution in [0.1, 0.15) is 34.9 Å². The first kappa shape index (κ1) is 22.7. The molecule has 0 spiro atoms. The fourth-order valence-corrected chi connectivity index (χ4v) is 4.72. The van der Waals surface area contributed by atoms with E-state index >= 15 is 0 Å². The Morgan fingerprint density at radius 2 is 1.70 bits per heavy atom. The average molecular weight is 469 g/mol. The van der Waals surface area contributed by atoms with E-state index in [9.17, 15) is 31.1 Å². The molecule has 30 heavy (non-hydrogen) atoms. The molecular formula is C19H15ClF6N2OS. The summed E-state index contributed by atoms with van der Waals surface area (Å²) in [5, 5.41) is 0.0648. The Kier molecular flexibility index (Phi) is 6.57. The third-order valence-electron chi connectivity index (χ3n) is 4.69. The van der Waals surface area contributed by atoms with Gasteiger partial charge in [-0.25, -0.2) is 0 Å². The first-order valence-electron chi connectivity index (χ1n) is 8.80. The topological polar surface area (TPSA) is 33.2 Å². The van der Waals surface area contributed by atoms with E-state index in [-0.39, 0.29) is 16.5 Å². The zero-order chi connectivity index (χ0) is 22.1. The summed E-state index contributed by atoms with van der Waals surface area (Å²) in [6.45, 7) is 0.713. The van der Waals surface area contributed by atoms with Gasteiger partial charge in [0, 0.05) is 23.8 Å². The van der Waals surface area contributed by atoms with Crippen molar-refractivity contribution in [3.05, 3.63) is 64.4 Å². The molecular weight excluding hydrogens is 454 g/mol. The van der Waals surface area contributed by atoms with Crippen molar-refractivity contribution >= 4 is 28.6 Å². The molecule has 162 valence electrons. The largest absolute Gasteiger partial charge is 0.433 e. The van der Waals surface area contributed by atoms with E-state index in [0.29, 0.717) is 17.1 Å². The number of rotatable bonds is 1. The number of hydrogen-bond acceptors (Lipinski definition) is 3. The van der Waals surface area contributed by atoms with Gasteiger partial charge in [-0.2, -0.15) is 26.3 Å². The molecule has 2 aliphatic rings. The van der Waals surface area contributed by atoms with Crippen LogP contribution in [0.15, 0.2) is 42.6 Å². The molecule has 0 bridgehead atoms. The fraction of sp³-hybridized carbons (Fsp3) is 0.368. The molecule has 0 radical (unpaired) electrons. The lowest BCUT2D eigenvalue weighted by molar-refractivity contribution is -0.141. The van der Waals surface area contributed by atoms with E-state index < -0.39 is 23.6 Å². The van der Waals surface area contributed by atoms with Gasteiger partial charge < -0.3 is 4.90 Å². The second-order valence-corrected chi connectivity index (χ2v) is 8.21. The van der Waals surface area contributed by atoms with Crippen molar-refractivity contribution in [3.63, 3.8) is 0 Å². The lowest BCUT2D eigenvalue weighted by Gasteiger charge is -2.19. The number of benzene rings is 1. The first-order valence-corrected chi connectivity index (χ1v) is 10.1. The van der Waals surface area contributed by atoms with Gasteiger partial charge in [0.15, 0.2) is 0 Å². The van der Waals surface area contributed by atoms with Crippen LogP contribution in [0.25, 0.3) is 0 Å². The molecule has 1 aromatic heterocycles. The molecule has 4 rings (SSSR count). The zero-order valence-corrected chi connectivity index (χ0v) is 16.7. The molecule has 0 aliphatic carbocycles. The van der Waals surface area contributed by atoms with Crippen LogP contribution < -0.4 is 0 Å². The number of pyridine rings is 1. The van der Waals surface area contributed by atoms with E-state index in [1.807, 2.05) is 0 Å². The average Bonchev–Trinajstić information content (AvgIpc) is 3.26. The first-order chi connectivity index (χ1) is 14.0. The number of carbonyl (C=O) groups is 1. The van der Waals surface area contributed by atoms with E-state index in [2.05, 4.69) is 4.98 Å². The highest BCUT2D eigenvalue weighted by Gasteiger charge is 2.44. The van der Waals surface area contributed by atoms with E-state index in [1.165, 1.54) is 18.3 Å². The van der Waals surface area contributed by atoms with Crippen molar-refractivity contribution in [1.82, 2.24) is 9.88 Å². The lowest BCUT2D eigenvalue weighted by Crippen LogP contribution is -2.27. The minimum absolute atomic E-state index is 0.0287. The van der Waals surface area contributed by atoms with Gasteiger partial charge in [-0.15, -0.1) is 0 Å². The van der Waals surface area contributed by atoms with Crippen molar-refractivity contribution in [2.45, 2.75) is 36.5 Å². The van der Waals surface area contributed by atoms with Crippen molar-refractivity contribution in [1.29, 1.82) is 0 Å². The fourth-order valence-electron chi connectivity index (χ4n) is 3.30. The molecule has 3 nitrogen and oxygen atoms in total. The number of fused-ring (bicyclic) bond motifs is 1. The number of amides is 1. The molecule has 11 heteroatoms. The number of thioether (sulfide) groups is 1. The van der Waals surface area contributed by atoms with Crippen LogP contribution in [-0.4, -0.2) is 27.7 Å². The Hall–Kier alpha value is -1.94. The number of nitrogens with zero attached hydrogens (tertiary/aromatic N) is 2. The van der Waals surface area contributed by atoms with E-state index in [4.69, 9.17) is 11.6 Å². The van der Waals surface area contributed by atoms with E-state index in [1.54, 1.807) is 11.0 Å². The normalized spacial score (nSPS) is 21.3. The third-order valence-corrected chi connectivity index (χ3v) is 6.21. The van der Waals surface area contributed by atoms with Gasteiger partial charge in [0.25, 0.3) is 5.24 Å². The molecule has 1 aromatic carbocycles. The van der Waals surface area contributed by atoms with E-state index in [0.717, 1.165) is 42.8 Å². The van der Waals surface area contributed by atoms with Crippen molar-refractivity contribution in [2.75, 3.05) is 6.54 Å². The van der Waals surface area contributed by atoms with Crippen molar-refractivity contribution < 1.29 is 31.1 Å². The SMILES string of the molecule is FC(F)(F)c1ccc(Cl)cc1.O=C1SC(c2ccnc(C(F)(F)F)c2)C2CCCN12. The predicted octanol–water partition coefficient (Wildman–Crippen LogP) is 6.83. The minimum atomic E-state index is -4.45. The van der Waals surface area contributed by atoms with Gasteiger partial charge in [-0.1, -0.05) is 23.4 Å². The second kappa shape index (κ2) is 8.66. The van der Waals surface area contributed by atoms with Crippen LogP contribution in [0.3, 0.4) is 0 Å². The highest BCUT2D eigenvalue weighted by atomic mass is 35.5. The van der Waals surface area contributed by atoms with Gasteiger partial charge in [-0.3, -0.25) is 9.78 Å². The smallest absolute Gasteiger partial charge is 0.329 e. The molecule has 2 fully saturated rings. The van der Waals surface area contributed by atoms with Crippen LogP contribution in [0.5, 0.6) is 0 Å². The van der Waals surface area contributed by atoms with Gasteiger partial charge in [0.05, 0.1) is 10.8 Å². The number of alkyl halides is 6. The standard InChI is InChI=1S/C12H11F3N2OS.C7H4ClF3/c13-12(14,15)9-6-7(3-4-16-9)10-8-2-1-5-17(8)11(18)19-10;8-6-3-1-5(2-4-6)7(9,10)11/h3-4,6,8,10H,1-2,5H2;1-4H. The Labute approximate surface area is 177 Å². The van der Waals surface area contributed by atoms with Crippen LogP contribution in [-0.2, 0) is 12.4 Å². The number of halogens is 7. The third kappa shape index (κ3) is 5.21. The highest BCUT2D eigenvalue weighted by Crippen LogP contribution is 2.48. The molecule has 2 unspecified atom stereocenters. The van der Waals surface area contributed by atoms with Crippen LogP contribution in [0, 0.1) is 0 Å². The highest BCUT2D eigenvalue weighted by molar-refractivity contribution is 8.14. The maximum absolute atomic E-state index is 12.7. The monoisotopic (exact) mass is 468 g/mol. The molecule has 2 aromatic rings. The van der Waals surface area contributed by atoms with Gasteiger partial charge >= 0.3 is 12.4 Å². The predicted molar refractivity (Wildman–Crippen MR) is 101 cm³/mol. The maximum Gasteiger partial charge on any atom is 0.433 e. The van der Waals surface area contributed by atoms with Crippen LogP contribution in [0.2, 0.25) is 5.02 Å². The molecule has 0 N–H and O–H groups in total. The van der Waals surface area contributed by atoms with Crippen molar-refractivity contribution in [2.24, 2.45) is 0 Å². The molecule has 2 atom stereocenters. The number of carbonyl (C=O) groups excluding carboxylic acids is 1. The molecule has 0 saturated carbocycles. The number of hydrogen-bond donors (Lipinski definition) is 0. The Morgan fingerprint density at radius 3 is 2.30 bits per heavy atom. The molecule has 2 aliphatic heterocycles. The summed E-state index contributed by atoms with van der Waals surface area (Å²) >= 11 is 6.52. The summed E-state index contributed by atoms with van der Waals surface area (Å²) in [7, 11) is 0. The number of aromatic nitrogens is 1. The Bertz CT molecular complexity index is 903. The summed E-state index contributed by atoms with van der Waals surface area (Å²) in [4.78, 5) is 16.9. The second-order valence-electron chi connectivity index (χ2n) is 6.68. The molecule has 3 heterocycles. The lowest BCUT2D eigenvalue weighted by atomic mass is 10.0. The molecule has 2 saturated heterocycles. The van der Waals surface area contributed by atoms with Gasteiger partial charge in [-0.05, 0) is 54.8 Å². The van der Waals surface area contributed by atoms with Crippen LogP contribution in [0.4, 0.5) is 31.1 Å².